The molecule has 2 rings (SSSR count). The lowest BCUT2D eigenvalue weighted by molar-refractivity contribution is -0.142. The van der Waals surface area contributed by atoms with Crippen molar-refractivity contribution in [1.82, 2.24) is 25.3 Å². The first kappa shape index (κ1) is 25.7. The van der Waals surface area contributed by atoms with Gasteiger partial charge in [0, 0.05) is 58.6 Å². The summed E-state index contributed by atoms with van der Waals surface area (Å²) in [6.45, 7) is 0.438. The number of aryl methyl sites for hydroxylation is 1. The van der Waals surface area contributed by atoms with Gasteiger partial charge in [-0.25, -0.2) is 0 Å². The summed E-state index contributed by atoms with van der Waals surface area (Å²) in [7, 11) is 6.37. The maximum Gasteiger partial charge on any atom is 0.435 e. The fourth-order valence-electron chi connectivity index (χ4n) is 2.75. The summed E-state index contributed by atoms with van der Waals surface area (Å²) in [6.07, 6.45) is -2.56. The number of benzene rings is 1. The van der Waals surface area contributed by atoms with E-state index in [2.05, 4.69) is 20.7 Å². The summed E-state index contributed by atoms with van der Waals surface area (Å²) in [5.41, 5.74) is 0.696. The van der Waals surface area contributed by atoms with E-state index in [9.17, 15) is 18.0 Å². The topological polar surface area (TPSA) is 74.6 Å². The molecule has 0 aliphatic rings. The largest absolute Gasteiger partial charge is 0.435 e. The van der Waals surface area contributed by atoms with E-state index in [1.54, 1.807) is 27.2 Å². The molecule has 0 bridgehead atoms. The highest BCUT2D eigenvalue weighted by Crippen LogP contribution is 2.30. The normalized spacial score (nSPS) is 11.6. The Balaban J connectivity index is 0.00000450. The van der Waals surface area contributed by atoms with Crippen molar-refractivity contribution < 1.29 is 18.0 Å². The Morgan fingerprint density at radius 3 is 2.57 bits per heavy atom. The van der Waals surface area contributed by atoms with Crippen LogP contribution in [0.4, 0.5) is 13.2 Å². The van der Waals surface area contributed by atoms with Crippen LogP contribution in [0.5, 0.6) is 0 Å². The predicted octanol–water partition coefficient (Wildman–Crippen LogP) is 2.67. The van der Waals surface area contributed by atoms with Gasteiger partial charge in [0.2, 0.25) is 0 Å². The summed E-state index contributed by atoms with van der Waals surface area (Å²) in [5.74, 6) is 0.303. The SMILES string of the molecule is CN=C(NCCc1cccc(C(=O)N(C)C)c1)NCc1cn(C)nc1C(F)(F)F.I. The van der Waals surface area contributed by atoms with E-state index in [1.807, 2.05) is 18.2 Å². The van der Waals surface area contributed by atoms with Gasteiger partial charge in [0.05, 0.1) is 0 Å². The number of nitrogens with zero attached hydrogens (tertiary/aromatic N) is 4. The first-order valence-corrected chi connectivity index (χ1v) is 8.96. The first-order chi connectivity index (χ1) is 13.6. The number of aromatic nitrogens is 2. The van der Waals surface area contributed by atoms with Crippen LogP contribution in [-0.4, -0.2) is 54.2 Å². The van der Waals surface area contributed by atoms with Gasteiger partial charge in [0.25, 0.3) is 5.91 Å². The molecule has 0 aliphatic heterocycles. The van der Waals surface area contributed by atoms with E-state index in [1.165, 1.54) is 18.1 Å². The maximum atomic E-state index is 13.0. The molecule has 11 heteroatoms. The summed E-state index contributed by atoms with van der Waals surface area (Å²) >= 11 is 0. The Kier molecular flexibility index (Phi) is 9.59. The highest BCUT2D eigenvalue weighted by Gasteiger charge is 2.36. The van der Waals surface area contributed by atoms with E-state index >= 15 is 0 Å². The second-order valence-corrected chi connectivity index (χ2v) is 6.68. The number of hydrogen-bond acceptors (Lipinski definition) is 3. The Morgan fingerprint density at radius 2 is 1.97 bits per heavy atom. The van der Waals surface area contributed by atoms with Gasteiger partial charge >= 0.3 is 6.18 Å². The molecule has 0 fully saturated rings. The fourth-order valence-corrected chi connectivity index (χ4v) is 2.75. The van der Waals surface area contributed by atoms with Crippen LogP contribution in [0.25, 0.3) is 0 Å². The van der Waals surface area contributed by atoms with Crippen LogP contribution < -0.4 is 10.6 Å². The van der Waals surface area contributed by atoms with Crippen LogP contribution in [0.2, 0.25) is 0 Å². The number of alkyl halides is 3. The van der Waals surface area contributed by atoms with Crippen molar-refractivity contribution in [2.24, 2.45) is 12.0 Å². The summed E-state index contributed by atoms with van der Waals surface area (Å²) in [5, 5.41) is 9.41. The van der Waals surface area contributed by atoms with Gasteiger partial charge in [-0.1, -0.05) is 12.1 Å². The van der Waals surface area contributed by atoms with Gasteiger partial charge in [0.15, 0.2) is 11.7 Å². The molecular formula is C19H26F3IN6O. The van der Waals surface area contributed by atoms with Crippen molar-refractivity contribution in [1.29, 1.82) is 0 Å². The zero-order chi connectivity index (χ0) is 21.6. The molecule has 0 saturated heterocycles. The van der Waals surface area contributed by atoms with E-state index in [4.69, 9.17) is 0 Å². The zero-order valence-corrected chi connectivity index (χ0v) is 19.6. The van der Waals surface area contributed by atoms with Gasteiger partial charge in [0.1, 0.15) is 0 Å². The van der Waals surface area contributed by atoms with Gasteiger partial charge in [-0.2, -0.15) is 18.3 Å². The Bertz CT molecular complexity index is 879. The monoisotopic (exact) mass is 538 g/mol. The van der Waals surface area contributed by atoms with Gasteiger partial charge in [-0.15, -0.1) is 24.0 Å². The molecule has 166 valence electrons. The van der Waals surface area contributed by atoms with E-state index in [0.29, 0.717) is 24.5 Å². The smallest absolute Gasteiger partial charge is 0.356 e. The first-order valence-electron chi connectivity index (χ1n) is 8.96. The van der Waals surface area contributed by atoms with Crippen molar-refractivity contribution in [3.8, 4) is 0 Å². The van der Waals surface area contributed by atoms with Crippen molar-refractivity contribution >= 4 is 35.8 Å². The Hall–Kier alpha value is -2.31. The average Bonchev–Trinajstić information content (AvgIpc) is 3.05. The molecular weight excluding hydrogens is 512 g/mol. The molecule has 30 heavy (non-hydrogen) atoms. The quantitative estimate of drug-likeness (QED) is 0.337. The van der Waals surface area contributed by atoms with Gasteiger partial charge in [-0.3, -0.25) is 14.5 Å². The fraction of sp³-hybridized carbons (Fsp3) is 0.421. The summed E-state index contributed by atoms with van der Waals surface area (Å²) in [4.78, 5) is 17.6. The third kappa shape index (κ3) is 7.18. The van der Waals surface area contributed by atoms with Crippen LogP contribution in [0.15, 0.2) is 35.5 Å². The summed E-state index contributed by atoms with van der Waals surface area (Å²) in [6, 6.07) is 7.31. The molecule has 0 unspecified atom stereocenters. The minimum absolute atomic E-state index is 0. The van der Waals surface area contributed by atoms with Crippen LogP contribution in [0, 0.1) is 0 Å². The molecule has 2 aromatic rings. The molecule has 0 saturated carbocycles. The zero-order valence-electron chi connectivity index (χ0n) is 17.2. The maximum absolute atomic E-state index is 13.0. The third-order valence-electron chi connectivity index (χ3n) is 4.13. The highest BCUT2D eigenvalue weighted by molar-refractivity contribution is 14.0. The van der Waals surface area contributed by atoms with E-state index in [-0.39, 0.29) is 42.0 Å². The second kappa shape index (κ2) is 11.2. The number of halogens is 4. The van der Waals surface area contributed by atoms with Crippen LogP contribution in [0.1, 0.15) is 27.2 Å². The van der Waals surface area contributed by atoms with Crippen LogP contribution in [0.3, 0.4) is 0 Å². The molecule has 1 heterocycles. The van der Waals surface area contributed by atoms with Crippen molar-refractivity contribution in [3.05, 3.63) is 52.8 Å². The molecule has 0 spiro atoms. The van der Waals surface area contributed by atoms with Crippen molar-refractivity contribution in [3.63, 3.8) is 0 Å². The average molecular weight is 538 g/mol. The number of rotatable bonds is 6. The molecule has 0 aliphatic carbocycles. The summed E-state index contributed by atoms with van der Waals surface area (Å²) < 4.78 is 40.2. The van der Waals surface area contributed by atoms with Crippen molar-refractivity contribution in [2.45, 2.75) is 19.1 Å². The lowest BCUT2D eigenvalue weighted by atomic mass is 10.1. The van der Waals surface area contributed by atoms with Crippen LogP contribution in [-0.2, 0) is 26.2 Å². The number of carbonyl (C=O) groups is 1. The molecule has 2 N–H and O–H groups in total. The number of nitrogens with one attached hydrogen (secondary N) is 2. The van der Waals surface area contributed by atoms with Gasteiger partial charge in [-0.05, 0) is 24.1 Å². The predicted molar refractivity (Wildman–Crippen MR) is 120 cm³/mol. The standard InChI is InChI=1S/C19H25F3N6O.HI/c1-23-18(25-11-15-12-28(4)26-16(15)19(20,21)22)24-9-8-13-6-5-7-14(10-13)17(29)27(2)3;/h5-7,10,12H,8-9,11H2,1-4H3,(H2,23,24,25);1H. The highest BCUT2D eigenvalue weighted by atomic mass is 127. The van der Waals surface area contributed by atoms with Gasteiger partial charge < -0.3 is 15.5 Å². The van der Waals surface area contributed by atoms with E-state index < -0.39 is 11.9 Å². The number of guanidine groups is 1. The number of carbonyl (C=O) groups excluding carboxylic acids is 1. The van der Waals surface area contributed by atoms with E-state index in [0.717, 1.165) is 10.2 Å². The molecule has 0 atom stereocenters. The lowest BCUT2D eigenvalue weighted by Gasteiger charge is -2.13. The van der Waals surface area contributed by atoms with Crippen LogP contribution >= 0.6 is 24.0 Å². The second-order valence-electron chi connectivity index (χ2n) is 6.68. The lowest BCUT2D eigenvalue weighted by Crippen LogP contribution is -2.38. The minimum atomic E-state index is -4.51. The molecule has 0 radical (unpaired) electrons. The molecule has 7 nitrogen and oxygen atoms in total. The molecule has 1 aromatic carbocycles. The van der Waals surface area contributed by atoms with Crippen molar-refractivity contribution in [2.75, 3.05) is 27.7 Å². The Morgan fingerprint density at radius 1 is 1.27 bits per heavy atom. The third-order valence-corrected chi connectivity index (χ3v) is 4.13. The minimum Gasteiger partial charge on any atom is -0.356 e. The number of aliphatic imine (C=N–C) groups is 1. The number of hydrogen-bond donors (Lipinski definition) is 2. The molecule has 1 amide bonds. The molecule has 1 aromatic heterocycles. The number of amides is 1. The Labute approximate surface area is 190 Å².